The van der Waals surface area contributed by atoms with Crippen molar-refractivity contribution in [1.29, 1.82) is 0 Å². The molecule has 2 aromatic carbocycles. The monoisotopic (exact) mass is 378 g/mol. The number of ether oxygens (including phenoxy) is 1. The van der Waals surface area contributed by atoms with Crippen LogP contribution >= 0.6 is 0 Å². The summed E-state index contributed by atoms with van der Waals surface area (Å²) in [5.74, 6) is 0.480. The summed E-state index contributed by atoms with van der Waals surface area (Å²) >= 11 is 0. The van der Waals surface area contributed by atoms with E-state index >= 15 is 0 Å². The Hall–Kier alpha value is -2.19. The Morgan fingerprint density at radius 2 is 1.75 bits per heavy atom. The third kappa shape index (κ3) is 5.90. The molecule has 0 unspecified atom stereocenters. The van der Waals surface area contributed by atoms with Gasteiger partial charge in [0.2, 0.25) is 0 Å². The van der Waals surface area contributed by atoms with Crippen molar-refractivity contribution >= 4 is 11.9 Å². The fourth-order valence-electron chi connectivity index (χ4n) is 3.99. The highest BCUT2D eigenvalue weighted by Gasteiger charge is 2.13. The van der Waals surface area contributed by atoms with Crippen LogP contribution in [-0.2, 0) is 17.6 Å². The van der Waals surface area contributed by atoms with Crippen molar-refractivity contribution in [3.8, 4) is 0 Å². The van der Waals surface area contributed by atoms with E-state index in [-0.39, 0.29) is 5.83 Å². The SMILES string of the molecule is C=Cc1ccc(C(=C)F)c(Cc2ccc(CCCCC3CCOCC3)cc2)c1. The average Bonchev–Trinajstić information content (AvgIpc) is 2.73. The molecule has 0 amide bonds. The van der Waals surface area contributed by atoms with Crippen LogP contribution in [-0.4, -0.2) is 13.2 Å². The maximum Gasteiger partial charge on any atom is 0.123 e. The first-order chi connectivity index (χ1) is 13.7. The fourth-order valence-corrected chi connectivity index (χ4v) is 3.99. The zero-order valence-electron chi connectivity index (χ0n) is 16.8. The van der Waals surface area contributed by atoms with E-state index in [4.69, 9.17) is 4.74 Å². The van der Waals surface area contributed by atoms with Crippen molar-refractivity contribution in [2.45, 2.75) is 44.9 Å². The molecule has 0 N–H and O–H groups in total. The number of aryl methyl sites for hydroxylation is 1. The van der Waals surface area contributed by atoms with Gasteiger partial charge in [0.25, 0.3) is 0 Å². The van der Waals surface area contributed by atoms with Crippen LogP contribution in [0, 0.1) is 5.92 Å². The van der Waals surface area contributed by atoms with Gasteiger partial charge < -0.3 is 4.74 Å². The smallest absolute Gasteiger partial charge is 0.123 e. The molecule has 0 spiro atoms. The van der Waals surface area contributed by atoms with Gasteiger partial charge in [-0.2, -0.15) is 0 Å². The molecule has 1 saturated heterocycles. The molecule has 1 aliphatic heterocycles. The summed E-state index contributed by atoms with van der Waals surface area (Å²) in [6, 6.07) is 14.4. The Bertz CT molecular complexity index is 785. The summed E-state index contributed by atoms with van der Waals surface area (Å²) < 4.78 is 19.2. The van der Waals surface area contributed by atoms with Crippen molar-refractivity contribution in [2.75, 3.05) is 13.2 Å². The van der Waals surface area contributed by atoms with Crippen LogP contribution in [0.5, 0.6) is 0 Å². The molecule has 3 rings (SSSR count). The Labute approximate surface area is 168 Å². The number of hydrogen-bond acceptors (Lipinski definition) is 1. The Balaban J connectivity index is 1.53. The minimum absolute atomic E-state index is 0.383. The molecule has 0 radical (unpaired) electrons. The minimum atomic E-state index is -0.383. The first-order valence-electron chi connectivity index (χ1n) is 10.4. The second kappa shape index (κ2) is 10.4. The molecule has 0 saturated carbocycles. The first kappa shape index (κ1) is 20.5. The Morgan fingerprint density at radius 3 is 2.43 bits per heavy atom. The molecule has 0 aliphatic carbocycles. The molecule has 2 aromatic rings. The van der Waals surface area contributed by atoms with Crippen molar-refractivity contribution in [3.05, 3.63) is 83.4 Å². The predicted octanol–water partition coefficient (Wildman–Crippen LogP) is 7.00. The number of hydrogen-bond donors (Lipinski definition) is 0. The van der Waals surface area contributed by atoms with E-state index < -0.39 is 0 Å². The summed E-state index contributed by atoms with van der Waals surface area (Å²) in [5.41, 5.74) is 5.11. The van der Waals surface area contributed by atoms with Crippen LogP contribution in [0.25, 0.3) is 11.9 Å². The summed E-state index contributed by atoms with van der Waals surface area (Å²) in [6.45, 7) is 9.17. The molecule has 0 aromatic heterocycles. The molecule has 0 atom stereocenters. The van der Waals surface area contributed by atoms with Gasteiger partial charge in [-0.05, 0) is 60.3 Å². The standard InChI is InChI=1S/C26H31FO/c1-3-21-12-13-26(20(2)27)25(18-21)19-24-10-8-22(9-11-24)6-4-5-7-23-14-16-28-17-15-23/h3,8-13,18,23H,1-2,4-7,14-17,19H2. The van der Waals surface area contributed by atoms with E-state index in [1.54, 1.807) is 12.1 Å². The largest absolute Gasteiger partial charge is 0.381 e. The highest BCUT2D eigenvalue weighted by atomic mass is 19.1. The molecule has 148 valence electrons. The van der Waals surface area contributed by atoms with Gasteiger partial charge in [-0.25, -0.2) is 4.39 Å². The molecule has 1 aliphatic rings. The number of unbranched alkanes of at least 4 members (excludes halogenated alkanes) is 1. The number of halogens is 1. The quantitative estimate of drug-likeness (QED) is 0.427. The number of benzene rings is 2. The minimum Gasteiger partial charge on any atom is -0.381 e. The summed E-state index contributed by atoms with van der Waals surface area (Å²) in [4.78, 5) is 0. The van der Waals surface area contributed by atoms with Gasteiger partial charge >= 0.3 is 0 Å². The average molecular weight is 379 g/mol. The maximum atomic E-state index is 13.8. The van der Waals surface area contributed by atoms with E-state index in [9.17, 15) is 4.39 Å². The van der Waals surface area contributed by atoms with E-state index in [1.807, 2.05) is 12.1 Å². The second-order valence-electron chi connectivity index (χ2n) is 7.82. The van der Waals surface area contributed by atoms with Gasteiger partial charge in [0.05, 0.1) is 0 Å². The lowest BCUT2D eigenvalue weighted by atomic mass is 9.93. The van der Waals surface area contributed by atoms with Gasteiger partial charge in [0.15, 0.2) is 0 Å². The zero-order chi connectivity index (χ0) is 19.8. The van der Waals surface area contributed by atoms with Crippen molar-refractivity contribution in [1.82, 2.24) is 0 Å². The van der Waals surface area contributed by atoms with Crippen LogP contribution < -0.4 is 0 Å². The van der Waals surface area contributed by atoms with Gasteiger partial charge in [-0.3, -0.25) is 0 Å². The van der Waals surface area contributed by atoms with Crippen molar-refractivity contribution in [3.63, 3.8) is 0 Å². The summed E-state index contributed by atoms with van der Waals surface area (Å²) in [6.07, 6.45) is 9.94. The molecule has 28 heavy (non-hydrogen) atoms. The summed E-state index contributed by atoms with van der Waals surface area (Å²) in [7, 11) is 0. The van der Waals surface area contributed by atoms with Crippen LogP contribution in [0.15, 0.2) is 55.6 Å². The Kier molecular flexibility index (Phi) is 7.62. The maximum absolute atomic E-state index is 13.8. The van der Waals surface area contributed by atoms with Crippen molar-refractivity contribution < 1.29 is 9.13 Å². The predicted molar refractivity (Wildman–Crippen MR) is 117 cm³/mol. The third-order valence-corrected chi connectivity index (χ3v) is 5.74. The molecule has 1 heterocycles. The first-order valence-corrected chi connectivity index (χ1v) is 10.4. The lowest BCUT2D eigenvalue weighted by Crippen LogP contribution is -2.15. The van der Waals surface area contributed by atoms with E-state index in [0.717, 1.165) is 36.7 Å². The van der Waals surface area contributed by atoms with Gasteiger partial charge in [-0.15, -0.1) is 0 Å². The van der Waals surface area contributed by atoms with Crippen molar-refractivity contribution in [2.24, 2.45) is 5.92 Å². The van der Waals surface area contributed by atoms with Crippen LogP contribution in [0.2, 0.25) is 0 Å². The third-order valence-electron chi connectivity index (χ3n) is 5.74. The van der Waals surface area contributed by atoms with E-state index in [0.29, 0.717) is 12.0 Å². The molecule has 0 bridgehead atoms. The topological polar surface area (TPSA) is 9.23 Å². The Morgan fingerprint density at radius 1 is 1.04 bits per heavy atom. The highest BCUT2D eigenvalue weighted by molar-refractivity contribution is 5.64. The lowest BCUT2D eigenvalue weighted by Gasteiger charge is -2.21. The number of rotatable bonds is 9. The normalized spacial score (nSPS) is 14.8. The lowest BCUT2D eigenvalue weighted by molar-refractivity contribution is 0.0632. The van der Waals surface area contributed by atoms with E-state index in [2.05, 4.69) is 37.4 Å². The fraction of sp³-hybridized carbons (Fsp3) is 0.385. The van der Waals surface area contributed by atoms with Crippen LogP contribution in [0.4, 0.5) is 4.39 Å². The van der Waals surface area contributed by atoms with Gasteiger partial charge in [0.1, 0.15) is 5.83 Å². The second-order valence-corrected chi connectivity index (χ2v) is 7.82. The van der Waals surface area contributed by atoms with E-state index in [1.165, 1.54) is 43.2 Å². The van der Waals surface area contributed by atoms with Crippen LogP contribution in [0.1, 0.15) is 59.9 Å². The molecule has 1 nitrogen and oxygen atoms in total. The van der Waals surface area contributed by atoms with Crippen LogP contribution in [0.3, 0.4) is 0 Å². The highest BCUT2D eigenvalue weighted by Crippen LogP contribution is 2.25. The van der Waals surface area contributed by atoms with Gasteiger partial charge in [-0.1, -0.05) is 74.5 Å². The molecular weight excluding hydrogens is 347 g/mol. The molecule has 1 fully saturated rings. The molecule has 2 heteroatoms. The van der Waals surface area contributed by atoms with Gasteiger partial charge in [0, 0.05) is 18.8 Å². The summed E-state index contributed by atoms with van der Waals surface area (Å²) in [5, 5.41) is 0. The zero-order valence-corrected chi connectivity index (χ0v) is 16.8. The molecular formula is C26H31FO.